The van der Waals surface area contributed by atoms with Crippen LogP contribution in [0.3, 0.4) is 0 Å². The third kappa shape index (κ3) is 4.28. The van der Waals surface area contributed by atoms with Crippen molar-refractivity contribution in [2.45, 2.75) is 29.4 Å². The fourth-order valence-corrected chi connectivity index (χ4v) is 9.14. The third-order valence-electron chi connectivity index (χ3n) is 9.86. The van der Waals surface area contributed by atoms with Gasteiger partial charge in [0.25, 0.3) is 0 Å². The van der Waals surface area contributed by atoms with Gasteiger partial charge in [-0.1, -0.05) is 133 Å². The van der Waals surface area contributed by atoms with Crippen molar-refractivity contribution < 1.29 is 0 Å². The van der Waals surface area contributed by atoms with Gasteiger partial charge in [-0.3, -0.25) is 4.57 Å². The second-order valence-corrected chi connectivity index (χ2v) is 13.8. The lowest BCUT2D eigenvalue weighted by molar-refractivity contribution is 0.843. The van der Waals surface area contributed by atoms with Gasteiger partial charge < -0.3 is 0 Å². The van der Waals surface area contributed by atoms with Gasteiger partial charge in [0.05, 0.1) is 5.52 Å². The van der Waals surface area contributed by atoms with Crippen LogP contribution in [-0.4, -0.2) is 24.8 Å². The average Bonchev–Trinajstić information content (AvgIpc) is 3.72. The van der Waals surface area contributed by atoms with Crippen molar-refractivity contribution >= 4 is 50.7 Å². The standard InChI is InChI=1S/C43H30N4S/c1-4-14-27(15-5-1)30-24-25-35-34(26-30)37-31-20-10-11-21-32(31)40-38(33-22-12-13-23-36(33)48-40)39(37)47(35)43-45-41(28-16-6-2-7-17-28)44-42(46-43)29-18-8-3-9-19-29/h1-22,26,36H,23-25H2. The van der Waals surface area contributed by atoms with Crippen LogP contribution in [0.15, 0.2) is 138 Å². The van der Waals surface area contributed by atoms with Gasteiger partial charge in [-0.15, -0.1) is 11.8 Å². The lowest BCUT2D eigenvalue weighted by Crippen LogP contribution is -2.12. The molecule has 2 aliphatic carbocycles. The maximum absolute atomic E-state index is 5.30. The van der Waals surface area contributed by atoms with Crippen LogP contribution in [0.1, 0.15) is 35.2 Å². The average molecular weight is 635 g/mol. The van der Waals surface area contributed by atoms with Crippen molar-refractivity contribution in [1.29, 1.82) is 0 Å². The molecule has 2 aromatic heterocycles. The molecule has 48 heavy (non-hydrogen) atoms. The number of hydrogen-bond donors (Lipinski definition) is 0. The van der Waals surface area contributed by atoms with Crippen LogP contribution in [0.4, 0.5) is 0 Å². The predicted molar refractivity (Wildman–Crippen MR) is 199 cm³/mol. The molecule has 228 valence electrons. The topological polar surface area (TPSA) is 43.6 Å². The number of rotatable bonds is 4. The normalized spacial score (nSPS) is 16.4. The fourth-order valence-electron chi connectivity index (χ4n) is 7.69. The highest BCUT2D eigenvalue weighted by molar-refractivity contribution is 8.01. The Balaban J connectivity index is 1.36. The lowest BCUT2D eigenvalue weighted by Gasteiger charge is -2.18. The van der Waals surface area contributed by atoms with Gasteiger partial charge in [0, 0.05) is 43.5 Å². The van der Waals surface area contributed by atoms with Gasteiger partial charge in [0.1, 0.15) is 0 Å². The van der Waals surface area contributed by atoms with E-state index in [1.54, 1.807) is 0 Å². The molecular formula is C43H30N4S. The molecule has 0 amide bonds. The van der Waals surface area contributed by atoms with E-state index >= 15 is 0 Å². The molecule has 5 aromatic carbocycles. The molecule has 4 nitrogen and oxygen atoms in total. The van der Waals surface area contributed by atoms with Crippen LogP contribution >= 0.6 is 11.8 Å². The van der Waals surface area contributed by atoms with Gasteiger partial charge in [-0.25, -0.2) is 4.98 Å². The molecule has 0 N–H and O–H groups in total. The smallest absolute Gasteiger partial charge is 0.238 e. The molecule has 3 heterocycles. The SMILES string of the molecule is C1=CCC2Sc3c(c4c(c5c(n4-c4nc(-c6ccccc6)nc(-c6ccccc6)n4)CCC(c4ccccc4)=C5)c4ccccc34)C2=C1. The highest BCUT2D eigenvalue weighted by Gasteiger charge is 2.36. The summed E-state index contributed by atoms with van der Waals surface area (Å²) >= 11 is 2.01. The Kier molecular flexibility index (Phi) is 6.34. The molecule has 1 atom stereocenters. The Hall–Kier alpha value is -5.52. The molecule has 0 fully saturated rings. The minimum atomic E-state index is 0.396. The molecular weight excluding hydrogens is 605 g/mol. The van der Waals surface area contributed by atoms with E-state index in [2.05, 4.69) is 108 Å². The van der Waals surface area contributed by atoms with E-state index < -0.39 is 0 Å². The number of hydrogen-bond acceptors (Lipinski definition) is 4. The van der Waals surface area contributed by atoms with Gasteiger partial charge in [0.15, 0.2) is 11.6 Å². The van der Waals surface area contributed by atoms with Crippen LogP contribution in [0, 0.1) is 0 Å². The summed E-state index contributed by atoms with van der Waals surface area (Å²) in [6.07, 6.45) is 12.2. The van der Waals surface area contributed by atoms with Crippen LogP contribution in [-0.2, 0) is 6.42 Å². The summed E-state index contributed by atoms with van der Waals surface area (Å²) < 4.78 is 2.40. The van der Waals surface area contributed by atoms with Crippen molar-refractivity contribution in [1.82, 2.24) is 19.5 Å². The van der Waals surface area contributed by atoms with Crippen molar-refractivity contribution in [3.05, 3.63) is 156 Å². The Bertz CT molecular complexity index is 2430. The maximum atomic E-state index is 5.30. The molecule has 0 spiro atoms. The van der Waals surface area contributed by atoms with E-state index in [0.717, 1.165) is 30.4 Å². The highest BCUT2D eigenvalue weighted by atomic mass is 32.2. The Morgan fingerprint density at radius 2 is 1.27 bits per heavy atom. The summed E-state index contributed by atoms with van der Waals surface area (Å²) in [5.74, 6) is 2.02. The summed E-state index contributed by atoms with van der Waals surface area (Å²) in [5.41, 5.74) is 11.1. The Labute approximate surface area is 283 Å². The van der Waals surface area contributed by atoms with Crippen LogP contribution in [0.2, 0.25) is 0 Å². The van der Waals surface area contributed by atoms with E-state index in [1.807, 2.05) is 48.2 Å². The lowest BCUT2D eigenvalue weighted by atomic mass is 9.88. The first-order chi connectivity index (χ1) is 23.8. The van der Waals surface area contributed by atoms with Gasteiger partial charge in [-0.2, -0.15) is 9.97 Å². The first kappa shape index (κ1) is 27.6. The first-order valence-corrected chi connectivity index (χ1v) is 17.5. The van der Waals surface area contributed by atoms with Crippen LogP contribution < -0.4 is 0 Å². The summed E-state index contributed by atoms with van der Waals surface area (Å²) in [5, 5.41) is 4.29. The number of thioether (sulfide) groups is 1. The predicted octanol–water partition coefficient (Wildman–Crippen LogP) is 10.6. The van der Waals surface area contributed by atoms with Gasteiger partial charge in [-0.05, 0) is 52.8 Å². The minimum Gasteiger partial charge on any atom is -0.281 e. The second-order valence-electron chi connectivity index (χ2n) is 12.6. The fraction of sp³-hybridized carbons (Fsp3) is 0.0930. The number of aromatic nitrogens is 4. The Morgan fingerprint density at radius 1 is 0.646 bits per heavy atom. The Morgan fingerprint density at radius 3 is 1.96 bits per heavy atom. The van der Waals surface area contributed by atoms with E-state index in [-0.39, 0.29) is 0 Å². The van der Waals surface area contributed by atoms with E-state index in [9.17, 15) is 0 Å². The zero-order valence-corrected chi connectivity index (χ0v) is 27.0. The minimum absolute atomic E-state index is 0.396. The second kappa shape index (κ2) is 11.0. The van der Waals surface area contributed by atoms with E-state index in [4.69, 9.17) is 15.0 Å². The molecule has 0 bridgehead atoms. The molecule has 1 unspecified atom stereocenters. The quantitative estimate of drug-likeness (QED) is 0.193. The zero-order chi connectivity index (χ0) is 31.6. The third-order valence-corrected chi connectivity index (χ3v) is 11.2. The number of fused-ring (bicyclic) bond motifs is 10. The molecule has 5 heteroatoms. The van der Waals surface area contributed by atoms with E-state index in [1.165, 1.54) is 60.1 Å². The zero-order valence-electron chi connectivity index (χ0n) is 26.2. The summed E-state index contributed by atoms with van der Waals surface area (Å²) in [6.45, 7) is 0. The van der Waals surface area contributed by atoms with Crippen molar-refractivity contribution in [2.24, 2.45) is 0 Å². The van der Waals surface area contributed by atoms with Gasteiger partial charge >= 0.3 is 0 Å². The molecule has 3 aliphatic rings. The van der Waals surface area contributed by atoms with Crippen LogP contribution in [0.5, 0.6) is 0 Å². The highest BCUT2D eigenvalue weighted by Crippen LogP contribution is 2.56. The molecule has 7 aromatic rings. The van der Waals surface area contributed by atoms with Gasteiger partial charge in [0.2, 0.25) is 5.95 Å². The summed E-state index contributed by atoms with van der Waals surface area (Å²) in [4.78, 5) is 17.0. The van der Waals surface area contributed by atoms with Crippen molar-refractivity contribution in [3.8, 4) is 28.7 Å². The van der Waals surface area contributed by atoms with E-state index in [0.29, 0.717) is 22.8 Å². The van der Waals surface area contributed by atoms with Crippen LogP contribution in [0.25, 0.3) is 67.6 Å². The van der Waals surface area contributed by atoms with Crippen molar-refractivity contribution in [3.63, 3.8) is 0 Å². The summed E-state index contributed by atoms with van der Waals surface area (Å²) in [6, 6.07) is 40.4. The maximum Gasteiger partial charge on any atom is 0.238 e. The number of nitrogens with zero attached hydrogens (tertiary/aromatic N) is 4. The number of benzene rings is 5. The molecule has 0 radical (unpaired) electrons. The molecule has 1 aliphatic heterocycles. The number of allylic oxidation sites excluding steroid dienone is 4. The largest absolute Gasteiger partial charge is 0.281 e. The van der Waals surface area contributed by atoms with Crippen molar-refractivity contribution in [2.75, 3.05) is 0 Å². The molecule has 0 saturated heterocycles. The first-order valence-electron chi connectivity index (χ1n) is 16.6. The summed E-state index contributed by atoms with van der Waals surface area (Å²) in [7, 11) is 0. The monoisotopic (exact) mass is 634 g/mol. The molecule has 0 saturated carbocycles. The molecule has 10 rings (SSSR count).